The van der Waals surface area contributed by atoms with E-state index < -0.39 is 0 Å². The van der Waals surface area contributed by atoms with Crippen LogP contribution < -0.4 is 0 Å². The molecular weight excluding hydrogens is 290 g/mol. The Bertz CT molecular complexity index is 399. The molecule has 100 valence electrons. The molecule has 18 heavy (non-hydrogen) atoms. The molecule has 0 radical (unpaired) electrons. The van der Waals surface area contributed by atoms with E-state index >= 15 is 0 Å². The summed E-state index contributed by atoms with van der Waals surface area (Å²) in [6, 6.07) is 6.31. The Kier molecular flexibility index (Phi) is 4.68. The molecule has 2 rings (SSSR count). The molecule has 1 aromatic rings. The van der Waals surface area contributed by atoms with Gasteiger partial charge in [0.2, 0.25) is 0 Å². The van der Waals surface area contributed by atoms with Crippen molar-refractivity contribution < 1.29 is 5.11 Å². The standard InChI is InChI=1S/C15H22BrNO/c1-11-3-6-14(7-4-11)17(2)10-12-9-13(16)5-8-15(12)18/h5,8-9,11,14,18H,3-4,6-7,10H2,1-2H3. The normalized spacial score (nSPS) is 24.4. The molecule has 0 aromatic heterocycles. The summed E-state index contributed by atoms with van der Waals surface area (Å²) < 4.78 is 1.03. The quantitative estimate of drug-likeness (QED) is 0.905. The molecule has 0 unspecified atom stereocenters. The molecule has 1 aromatic carbocycles. The highest BCUT2D eigenvalue weighted by Gasteiger charge is 2.22. The Morgan fingerprint density at radius 3 is 2.61 bits per heavy atom. The first-order valence-corrected chi connectivity index (χ1v) is 7.53. The summed E-state index contributed by atoms with van der Waals surface area (Å²) in [5.41, 5.74) is 1.01. The van der Waals surface area contributed by atoms with Crippen molar-refractivity contribution >= 4 is 15.9 Å². The summed E-state index contributed by atoms with van der Waals surface area (Å²) in [5, 5.41) is 9.88. The molecule has 1 N–H and O–H groups in total. The van der Waals surface area contributed by atoms with Crippen molar-refractivity contribution in [2.75, 3.05) is 7.05 Å². The van der Waals surface area contributed by atoms with E-state index in [9.17, 15) is 5.11 Å². The van der Waals surface area contributed by atoms with Crippen LogP contribution in [0.2, 0.25) is 0 Å². The van der Waals surface area contributed by atoms with Crippen molar-refractivity contribution in [1.82, 2.24) is 4.90 Å². The van der Waals surface area contributed by atoms with E-state index in [0.717, 1.165) is 22.5 Å². The molecule has 0 atom stereocenters. The SMILES string of the molecule is CC1CCC(N(C)Cc2cc(Br)ccc2O)CC1. The topological polar surface area (TPSA) is 23.5 Å². The van der Waals surface area contributed by atoms with Gasteiger partial charge in [-0.1, -0.05) is 22.9 Å². The predicted molar refractivity (Wildman–Crippen MR) is 78.7 cm³/mol. The van der Waals surface area contributed by atoms with Gasteiger partial charge in [-0.05, 0) is 56.8 Å². The van der Waals surface area contributed by atoms with Crippen LogP contribution >= 0.6 is 15.9 Å². The fourth-order valence-corrected chi connectivity index (χ4v) is 3.17. The van der Waals surface area contributed by atoms with Gasteiger partial charge in [-0.15, -0.1) is 0 Å². The van der Waals surface area contributed by atoms with Crippen LogP contribution in [0, 0.1) is 5.92 Å². The van der Waals surface area contributed by atoms with Gasteiger partial charge < -0.3 is 5.11 Å². The minimum Gasteiger partial charge on any atom is -0.508 e. The zero-order valence-corrected chi connectivity index (χ0v) is 12.8. The van der Waals surface area contributed by atoms with E-state index in [1.165, 1.54) is 25.7 Å². The number of hydrogen-bond donors (Lipinski definition) is 1. The second-order valence-corrected chi connectivity index (χ2v) is 6.52. The van der Waals surface area contributed by atoms with Gasteiger partial charge in [0.25, 0.3) is 0 Å². The zero-order valence-electron chi connectivity index (χ0n) is 11.2. The fraction of sp³-hybridized carbons (Fsp3) is 0.600. The van der Waals surface area contributed by atoms with Crippen LogP contribution in [0.25, 0.3) is 0 Å². The van der Waals surface area contributed by atoms with Crippen LogP contribution in [-0.4, -0.2) is 23.1 Å². The maximum atomic E-state index is 9.88. The van der Waals surface area contributed by atoms with E-state index in [-0.39, 0.29) is 0 Å². The highest BCUT2D eigenvalue weighted by Crippen LogP contribution is 2.29. The van der Waals surface area contributed by atoms with E-state index in [1.807, 2.05) is 12.1 Å². The number of halogens is 1. The molecule has 1 saturated carbocycles. The minimum absolute atomic E-state index is 0.397. The Morgan fingerprint density at radius 1 is 1.28 bits per heavy atom. The monoisotopic (exact) mass is 311 g/mol. The molecule has 0 aliphatic heterocycles. The Morgan fingerprint density at radius 2 is 1.94 bits per heavy atom. The van der Waals surface area contributed by atoms with Crippen molar-refractivity contribution in [2.45, 2.75) is 45.2 Å². The lowest BCUT2D eigenvalue weighted by Crippen LogP contribution is -2.34. The van der Waals surface area contributed by atoms with E-state index in [1.54, 1.807) is 6.07 Å². The van der Waals surface area contributed by atoms with Crippen molar-refractivity contribution in [3.63, 3.8) is 0 Å². The van der Waals surface area contributed by atoms with Gasteiger partial charge in [0, 0.05) is 22.6 Å². The molecule has 0 saturated heterocycles. The lowest BCUT2D eigenvalue weighted by atomic mass is 9.86. The van der Waals surface area contributed by atoms with Crippen LogP contribution in [0.3, 0.4) is 0 Å². The van der Waals surface area contributed by atoms with Gasteiger partial charge >= 0.3 is 0 Å². The number of phenolic OH excluding ortho intramolecular Hbond substituents is 1. The first kappa shape index (κ1) is 13.9. The lowest BCUT2D eigenvalue weighted by Gasteiger charge is -2.33. The van der Waals surface area contributed by atoms with Gasteiger partial charge in [0.1, 0.15) is 5.75 Å². The summed E-state index contributed by atoms with van der Waals surface area (Å²) in [5.74, 6) is 1.28. The van der Waals surface area contributed by atoms with E-state index in [2.05, 4.69) is 34.8 Å². The molecule has 2 nitrogen and oxygen atoms in total. The van der Waals surface area contributed by atoms with Crippen LogP contribution in [0.5, 0.6) is 5.75 Å². The van der Waals surface area contributed by atoms with Gasteiger partial charge in [0.15, 0.2) is 0 Å². The van der Waals surface area contributed by atoms with Crippen LogP contribution in [-0.2, 0) is 6.54 Å². The lowest BCUT2D eigenvalue weighted by molar-refractivity contribution is 0.162. The number of phenols is 1. The van der Waals surface area contributed by atoms with Gasteiger partial charge in [-0.25, -0.2) is 0 Å². The predicted octanol–water partition coefficient (Wildman–Crippen LogP) is 4.17. The average molecular weight is 312 g/mol. The van der Waals surface area contributed by atoms with Crippen LogP contribution in [0.4, 0.5) is 0 Å². The van der Waals surface area contributed by atoms with Crippen molar-refractivity contribution in [3.8, 4) is 5.75 Å². The number of aromatic hydroxyl groups is 1. The van der Waals surface area contributed by atoms with Crippen molar-refractivity contribution in [3.05, 3.63) is 28.2 Å². The smallest absolute Gasteiger partial charge is 0.120 e. The second-order valence-electron chi connectivity index (χ2n) is 5.60. The number of rotatable bonds is 3. The molecular formula is C15H22BrNO. The number of hydrogen-bond acceptors (Lipinski definition) is 2. The third-order valence-corrected chi connectivity index (χ3v) is 4.56. The molecule has 0 heterocycles. The summed E-state index contributed by atoms with van der Waals surface area (Å²) >= 11 is 3.46. The molecule has 0 spiro atoms. The second kappa shape index (κ2) is 6.07. The van der Waals surface area contributed by atoms with Gasteiger partial charge in [0.05, 0.1) is 0 Å². The average Bonchev–Trinajstić information content (AvgIpc) is 2.34. The molecule has 0 amide bonds. The Balaban J connectivity index is 1.98. The third kappa shape index (κ3) is 3.48. The Hall–Kier alpha value is -0.540. The summed E-state index contributed by atoms with van der Waals surface area (Å²) in [6.07, 6.45) is 5.23. The third-order valence-electron chi connectivity index (χ3n) is 4.07. The first-order valence-electron chi connectivity index (χ1n) is 6.74. The fourth-order valence-electron chi connectivity index (χ4n) is 2.76. The van der Waals surface area contributed by atoms with Gasteiger partial charge in [-0.3, -0.25) is 4.90 Å². The Labute approximate surface area is 118 Å². The molecule has 1 aliphatic carbocycles. The molecule has 3 heteroatoms. The van der Waals surface area contributed by atoms with Crippen LogP contribution in [0.15, 0.2) is 22.7 Å². The largest absolute Gasteiger partial charge is 0.508 e. The first-order chi connectivity index (χ1) is 8.56. The van der Waals surface area contributed by atoms with Gasteiger partial charge in [-0.2, -0.15) is 0 Å². The van der Waals surface area contributed by atoms with Crippen molar-refractivity contribution in [1.29, 1.82) is 0 Å². The van der Waals surface area contributed by atoms with E-state index in [0.29, 0.717) is 11.8 Å². The maximum Gasteiger partial charge on any atom is 0.120 e. The highest BCUT2D eigenvalue weighted by atomic mass is 79.9. The zero-order chi connectivity index (χ0) is 13.1. The van der Waals surface area contributed by atoms with E-state index in [4.69, 9.17) is 0 Å². The van der Waals surface area contributed by atoms with Crippen molar-refractivity contribution in [2.24, 2.45) is 5.92 Å². The highest BCUT2D eigenvalue weighted by molar-refractivity contribution is 9.10. The summed E-state index contributed by atoms with van der Waals surface area (Å²) in [6.45, 7) is 3.17. The molecule has 0 bridgehead atoms. The molecule has 1 fully saturated rings. The molecule has 1 aliphatic rings. The summed E-state index contributed by atoms with van der Waals surface area (Å²) in [4.78, 5) is 2.38. The minimum atomic E-state index is 0.397. The number of nitrogens with zero attached hydrogens (tertiary/aromatic N) is 1. The maximum absolute atomic E-state index is 9.88. The number of benzene rings is 1. The van der Waals surface area contributed by atoms with Crippen LogP contribution in [0.1, 0.15) is 38.2 Å². The summed E-state index contributed by atoms with van der Waals surface area (Å²) in [7, 11) is 2.17.